The molecule has 1 aromatic heterocycles. The van der Waals surface area contributed by atoms with Crippen LogP contribution in [-0.2, 0) is 0 Å². The summed E-state index contributed by atoms with van der Waals surface area (Å²) in [5.74, 6) is 0.536. The third-order valence-corrected chi connectivity index (χ3v) is 2.14. The third kappa shape index (κ3) is 2.13. The van der Waals surface area contributed by atoms with Crippen LogP contribution >= 0.6 is 0 Å². The molecule has 76 valence electrons. The lowest BCUT2D eigenvalue weighted by molar-refractivity contribution is 0.396. The maximum Gasteiger partial charge on any atom is 0.232 e. The average Bonchev–Trinajstić information content (AvgIpc) is 2.29. The van der Waals surface area contributed by atoms with Gasteiger partial charge in [-0.2, -0.15) is 0 Å². The minimum atomic E-state index is 0.536. The number of benzene rings is 1. The molecule has 0 unspecified atom stereocenters. The molecule has 0 N–H and O–H groups in total. The van der Waals surface area contributed by atoms with Crippen molar-refractivity contribution >= 4 is 0 Å². The zero-order valence-corrected chi connectivity index (χ0v) is 8.77. The van der Waals surface area contributed by atoms with E-state index < -0.39 is 0 Å². The van der Waals surface area contributed by atoms with Gasteiger partial charge >= 0.3 is 0 Å². The van der Waals surface area contributed by atoms with Crippen LogP contribution in [-0.4, -0.2) is 17.1 Å². The van der Waals surface area contributed by atoms with Crippen LogP contribution in [0.5, 0.6) is 5.88 Å². The van der Waals surface area contributed by atoms with E-state index in [0.717, 1.165) is 11.3 Å². The van der Waals surface area contributed by atoms with E-state index in [0.29, 0.717) is 5.88 Å². The second-order valence-electron chi connectivity index (χ2n) is 3.32. The van der Waals surface area contributed by atoms with Gasteiger partial charge in [-0.05, 0) is 13.0 Å². The summed E-state index contributed by atoms with van der Waals surface area (Å²) in [6.45, 7) is 2.05. The summed E-state index contributed by atoms with van der Waals surface area (Å²) in [7, 11) is 1.59. The van der Waals surface area contributed by atoms with E-state index in [-0.39, 0.29) is 0 Å². The molecule has 0 saturated heterocycles. The Bertz CT molecular complexity index is 469. The van der Waals surface area contributed by atoms with Gasteiger partial charge in [0.25, 0.3) is 0 Å². The van der Waals surface area contributed by atoms with Crippen LogP contribution in [0, 0.1) is 6.92 Å². The van der Waals surface area contributed by atoms with Crippen molar-refractivity contribution in [2.45, 2.75) is 6.92 Å². The molecule has 3 heteroatoms. The van der Waals surface area contributed by atoms with Crippen molar-refractivity contribution in [2.24, 2.45) is 0 Å². The van der Waals surface area contributed by atoms with E-state index >= 15 is 0 Å². The van der Waals surface area contributed by atoms with Crippen LogP contribution in [0.25, 0.3) is 11.3 Å². The van der Waals surface area contributed by atoms with Crippen LogP contribution in [0.3, 0.4) is 0 Å². The molecule has 0 saturated carbocycles. The standard InChI is InChI=1S/C12H12N2O/c1-9-4-3-5-10(6-9)11-7-13-8-12(14-11)15-2/h3-8H,1-2H3. The molecule has 0 aliphatic heterocycles. The fourth-order valence-electron chi connectivity index (χ4n) is 1.39. The summed E-state index contributed by atoms with van der Waals surface area (Å²) in [5.41, 5.74) is 3.09. The van der Waals surface area contributed by atoms with E-state index in [1.54, 1.807) is 19.5 Å². The minimum Gasteiger partial charge on any atom is -0.480 e. The Hall–Kier alpha value is -1.90. The Morgan fingerprint density at radius 2 is 2.07 bits per heavy atom. The fourth-order valence-corrected chi connectivity index (χ4v) is 1.39. The van der Waals surface area contributed by atoms with Crippen molar-refractivity contribution in [3.8, 4) is 17.1 Å². The van der Waals surface area contributed by atoms with Gasteiger partial charge in [-0.25, -0.2) is 4.98 Å². The number of nitrogens with zero attached hydrogens (tertiary/aromatic N) is 2. The van der Waals surface area contributed by atoms with Crippen molar-refractivity contribution in [2.75, 3.05) is 7.11 Å². The number of hydrogen-bond donors (Lipinski definition) is 0. The van der Waals surface area contributed by atoms with Crippen LogP contribution in [0.1, 0.15) is 5.56 Å². The number of aromatic nitrogens is 2. The molecular weight excluding hydrogens is 188 g/mol. The van der Waals surface area contributed by atoms with Gasteiger partial charge in [0, 0.05) is 5.56 Å². The van der Waals surface area contributed by atoms with Crippen LogP contribution in [0.4, 0.5) is 0 Å². The normalized spacial score (nSPS) is 10.0. The van der Waals surface area contributed by atoms with Gasteiger partial charge < -0.3 is 4.74 Å². The molecule has 0 spiro atoms. The zero-order chi connectivity index (χ0) is 10.7. The minimum absolute atomic E-state index is 0.536. The number of ether oxygens (including phenoxy) is 1. The lowest BCUT2D eigenvalue weighted by Gasteiger charge is -2.03. The first-order valence-corrected chi connectivity index (χ1v) is 4.72. The molecule has 1 heterocycles. The van der Waals surface area contributed by atoms with Crippen molar-refractivity contribution in [1.29, 1.82) is 0 Å². The second-order valence-corrected chi connectivity index (χ2v) is 3.32. The molecule has 0 radical (unpaired) electrons. The quantitative estimate of drug-likeness (QED) is 0.747. The molecule has 1 aromatic carbocycles. The van der Waals surface area contributed by atoms with Crippen LogP contribution < -0.4 is 4.74 Å². The Balaban J connectivity index is 2.44. The molecule has 0 atom stereocenters. The lowest BCUT2D eigenvalue weighted by atomic mass is 10.1. The van der Waals surface area contributed by atoms with Gasteiger partial charge in [-0.3, -0.25) is 4.98 Å². The molecule has 3 nitrogen and oxygen atoms in total. The van der Waals surface area contributed by atoms with Gasteiger partial charge in [0.15, 0.2) is 0 Å². The van der Waals surface area contributed by atoms with E-state index in [1.807, 2.05) is 12.1 Å². The Morgan fingerprint density at radius 1 is 1.20 bits per heavy atom. The van der Waals surface area contributed by atoms with Gasteiger partial charge in [0.1, 0.15) is 0 Å². The van der Waals surface area contributed by atoms with E-state index in [4.69, 9.17) is 4.74 Å². The summed E-state index contributed by atoms with van der Waals surface area (Å²) in [5, 5.41) is 0. The molecule has 2 aromatic rings. The molecule has 0 aliphatic carbocycles. The zero-order valence-electron chi connectivity index (χ0n) is 8.77. The molecule has 15 heavy (non-hydrogen) atoms. The highest BCUT2D eigenvalue weighted by Gasteiger charge is 2.01. The van der Waals surface area contributed by atoms with Crippen molar-refractivity contribution in [3.05, 3.63) is 42.2 Å². The van der Waals surface area contributed by atoms with E-state index in [9.17, 15) is 0 Å². The molecule has 0 amide bonds. The molecule has 0 aliphatic rings. The largest absolute Gasteiger partial charge is 0.480 e. The first kappa shape index (κ1) is 9.65. The molecule has 0 bridgehead atoms. The Kier molecular flexibility index (Phi) is 2.63. The van der Waals surface area contributed by atoms with Gasteiger partial charge in [-0.1, -0.05) is 23.8 Å². The summed E-state index contributed by atoms with van der Waals surface area (Å²) >= 11 is 0. The summed E-state index contributed by atoms with van der Waals surface area (Å²) in [4.78, 5) is 8.39. The molecule has 0 fully saturated rings. The fraction of sp³-hybridized carbons (Fsp3) is 0.167. The SMILES string of the molecule is COc1cncc(-c2cccc(C)c2)n1. The number of rotatable bonds is 2. The average molecular weight is 200 g/mol. The van der Waals surface area contributed by atoms with Crippen LogP contribution in [0.2, 0.25) is 0 Å². The monoisotopic (exact) mass is 200 g/mol. The number of aryl methyl sites for hydroxylation is 1. The maximum absolute atomic E-state index is 5.03. The van der Waals surface area contributed by atoms with Gasteiger partial charge in [0.05, 0.1) is 25.2 Å². The first-order valence-electron chi connectivity index (χ1n) is 4.72. The summed E-state index contributed by atoms with van der Waals surface area (Å²) < 4.78 is 5.03. The Labute approximate surface area is 88.8 Å². The smallest absolute Gasteiger partial charge is 0.232 e. The van der Waals surface area contributed by atoms with Crippen molar-refractivity contribution < 1.29 is 4.74 Å². The lowest BCUT2D eigenvalue weighted by Crippen LogP contribution is -1.91. The maximum atomic E-state index is 5.03. The highest BCUT2D eigenvalue weighted by atomic mass is 16.5. The van der Waals surface area contributed by atoms with E-state index in [1.165, 1.54) is 5.56 Å². The predicted molar refractivity (Wildman–Crippen MR) is 58.8 cm³/mol. The predicted octanol–water partition coefficient (Wildman–Crippen LogP) is 2.46. The highest BCUT2D eigenvalue weighted by Crippen LogP contribution is 2.19. The first-order chi connectivity index (χ1) is 7.29. The number of hydrogen-bond acceptors (Lipinski definition) is 3. The van der Waals surface area contributed by atoms with Crippen molar-refractivity contribution in [1.82, 2.24) is 9.97 Å². The van der Waals surface area contributed by atoms with Crippen LogP contribution in [0.15, 0.2) is 36.7 Å². The highest BCUT2D eigenvalue weighted by molar-refractivity contribution is 5.59. The van der Waals surface area contributed by atoms with Crippen molar-refractivity contribution in [3.63, 3.8) is 0 Å². The summed E-state index contributed by atoms with van der Waals surface area (Å²) in [6.07, 6.45) is 3.33. The Morgan fingerprint density at radius 3 is 2.80 bits per heavy atom. The number of methoxy groups -OCH3 is 1. The molecular formula is C12H12N2O. The van der Waals surface area contributed by atoms with E-state index in [2.05, 4.69) is 29.0 Å². The van der Waals surface area contributed by atoms with Gasteiger partial charge in [-0.15, -0.1) is 0 Å². The van der Waals surface area contributed by atoms with Gasteiger partial charge in [0.2, 0.25) is 5.88 Å². The topological polar surface area (TPSA) is 35.0 Å². The third-order valence-electron chi connectivity index (χ3n) is 2.14. The second kappa shape index (κ2) is 4.09. The molecule has 2 rings (SSSR count). The summed E-state index contributed by atoms with van der Waals surface area (Å²) in [6, 6.07) is 8.14.